The van der Waals surface area contributed by atoms with Gasteiger partial charge in [0.05, 0.1) is 16.7 Å². The maximum atomic E-state index is 10.9. The molecule has 0 aromatic heterocycles. The Morgan fingerprint density at radius 2 is 1.90 bits per heavy atom. The van der Waals surface area contributed by atoms with E-state index in [4.69, 9.17) is 4.55 Å². The fourth-order valence-electron chi connectivity index (χ4n) is 1.46. The lowest BCUT2D eigenvalue weighted by atomic mass is 10.0. The van der Waals surface area contributed by atoms with E-state index in [0.717, 1.165) is 10.0 Å². The molecule has 0 fully saturated rings. The van der Waals surface area contributed by atoms with Crippen molar-refractivity contribution in [2.45, 2.75) is 13.8 Å². The molecule has 0 aliphatic carbocycles. The van der Waals surface area contributed by atoms with Crippen LogP contribution in [0.2, 0.25) is 0 Å². The van der Waals surface area contributed by atoms with E-state index in [1.54, 1.807) is 19.1 Å². The van der Waals surface area contributed by atoms with Gasteiger partial charge in [-0.15, -0.1) is 0 Å². The number of nitrogens with zero attached hydrogens (tertiary/aromatic N) is 1. The maximum Gasteiger partial charge on any atom is 0.272 e. The summed E-state index contributed by atoms with van der Waals surface area (Å²) in [6, 6.07) is 5.41. The van der Waals surface area contributed by atoms with Crippen molar-refractivity contribution in [1.29, 1.82) is 0 Å². The Balaban J connectivity index is 0.000000690. The lowest BCUT2D eigenvalue weighted by Crippen LogP contribution is -2.00. The monoisotopic (exact) mass is 377 g/mol. The molecule has 116 valence electrons. The van der Waals surface area contributed by atoms with E-state index in [1.165, 1.54) is 6.08 Å². The molecule has 1 N–H and O–H groups in total. The van der Waals surface area contributed by atoms with Crippen LogP contribution in [-0.2, 0) is 10.1 Å². The first-order chi connectivity index (χ1) is 9.61. The SMILES string of the molecule is C/C=C\c1c(Br)cccc1/C(=C\C)[N+](=O)[O-].CS(=O)(=O)O. The van der Waals surface area contributed by atoms with Crippen molar-refractivity contribution in [3.05, 3.63) is 56.1 Å². The Labute approximate surface area is 132 Å². The van der Waals surface area contributed by atoms with Crippen LogP contribution in [0.1, 0.15) is 25.0 Å². The first-order valence-electron chi connectivity index (χ1n) is 5.76. The Kier molecular flexibility index (Phi) is 8.08. The third-order valence-corrected chi connectivity index (χ3v) is 2.82. The molecule has 8 heteroatoms. The van der Waals surface area contributed by atoms with Gasteiger partial charge in [-0.05, 0) is 32.1 Å². The molecule has 21 heavy (non-hydrogen) atoms. The van der Waals surface area contributed by atoms with E-state index in [0.29, 0.717) is 11.8 Å². The third kappa shape index (κ3) is 7.74. The Morgan fingerprint density at radius 3 is 2.29 bits per heavy atom. The highest BCUT2D eigenvalue weighted by Crippen LogP contribution is 2.27. The molecule has 0 heterocycles. The zero-order valence-electron chi connectivity index (χ0n) is 11.8. The lowest BCUT2D eigenvalue weighted by Gasteiger charge is -2.05. The average Bonchev–Trinajstić information content (AvgIpc) is 2.31. The van der Waals surface area contributed by atoms with Crippen LogP contribution in [0.25, 0.3) is 11.8 Å². The number of hydrogen-bond acceptors (Lipinski definition) is 4. The molecule has 0 aliphatic rings. The van der Waals surface area contributed by atoms with E-state index >= 15 is 0 Å². The lowest BCUT2D eigenvalue weighted by molar-refractivity contribution is -0.375. The number of allylic oxidation sites excluding steroid dienone is 2. The summed E-state index contributed by atoms with van der Waals surface area (Å²) in [4.78, 5) is 10.5. The van der Waals surface area contributed by atoms with Crippen LogP contribution in [0.3, 0.4) is 0 Å². The van der Waals surface area contributed by atoms with E-state index in [9.17, 15) is 18.5 Å². The molecule has 1 aromatic carbocycles. The molecule has 0 saturated heterocycles. The van der Waals surface area contributed by atoms with Crippen LogP contribution in [0.15, 0.2) is 34.8 Å². The third-order valence-electron chi connectivity index (χ3n) is 2.13. The summed E-state index contributed by atoms with van der Waals surface area (Å²) >= 11 is 3.39. The van der Waals surface area contributed by atoms with E-state index in [2.05, 4.69) is 15.9 Å². The second-order valence-corrected chi connectivity index (χ2v) is 6.19. The molecule has 0 radical (unpaired) electrons. The summed E-state index contributed by atoms with van der Waals surface area (Å²) in [6.07, 6.45) is 5.94. The molecule has 0 saturated carbocycles. The summed E-state index contributed by atoms with van der Waals surface area (Å²) in [5.41, 5.74) is 1.57. The van der Waals surface area contributed by atoms with Crippen molar-refractivity contribution < 1.29 is 17.9 Å². The molecule has 0 unspecified atom stereocenters. The van der Waals surface area contributed by atoms with Gasteiger partial charge in [-0.3, -0.25) is 14.7 Å². The highest BCUT2D eigenvalue weighted by Gasteiger charge is 2.17. The van der Waals surface area contributed by atoms with Crippen LogP contribution in [0.5, 0.6) is 0 Å². The molecule has 1 aromatic rings. The van der Waals surface area contributed by atoms with Crippen molar-refractivity contribution in [3.63, 3.8) is 0 Å². The van der Waals surface area contributed by atoms with Gasteiger partial charge in [0, 0.05) is 10.0 Å². The summed E-state index contributed by atoms with van der Waals surface area (Å²) in [7, 11) is -3.67. The minimum absolute atomic E-state index is 0.120. The second-order valence-electron chi connectivity index (χ2n) is 3.87. The van der Waals surface area contributed by atoms with Gasteiger partial charge in [-0.25, -0.2) is 0 Å². The number of hydrogen-bond donors (Lipinski definition) is 1. The summed E-state index contributed by atoms with van der Waals surface area (Å²) in [6.45, 7) is 3.54. The zero-order valence-corrected chi connectivity index (χ0v) is 14.2. The van der Waals surface area contributed by atoms with E-state index in [1.807, 2.05) is 25.1 Å². The average molecular weight is 378 g/mol. The summed E-state index contributed by atoms with van der Waals surface area (Å²) in [5, 5.41) is 10.9. The maximum absolute atomic E-state index is 10.9. The fourth-order valence-corrected chi connectivity index (χ4v) is 1.95. The number of nitro groups is 1. The number of halogens is 1. The summed E-state index contributed by atoms with van der Waals surface area (Å²) < 4.78 is 26.7. The van der Waals surface area contributed by atoms with Crippen molar-refractivity contribution in [2.24, 2.45) is 0 Å². The second kappa shape index (κ2) is 8.71. The van der Waals surface area contributed by atoms with Gasteiger partial charge in [0.1, 0.15) is 0 Å². The molecule has 0 spiro atoms. The van der Waals surface area contributed by atoms with Gasteiger partial charge in [-0.2, -0.15) is 8.42 Å². The molecule has 6 nitrogen and oxygen atoms in total. The number of benzene rings is 1. The molecule has 0 aliphatic heterocycles. The molecule has 0 bridgehead atoms. The van der Waals surface area contributed by atoms with Gasteiger partial charge in [-0.1, -0.05) is 34.1 Å². The van der Waals surface area contributed by atoms with Gasteiger partial charge in [0.25, 0.3) is 15.8 Å². The topological polar surface area (TPSA) is 97.5 Å². The number of rotatable bonds is 3. The van der Waals surface area contributed by atoms with Crippen molar-refractivity contribution in [3.8, 4) is 0 Å². The zero-order chi connectivity index (χ0) is 16.6. The minimum atomic E-state index is -3.67. The van der Waals surface area contributed by atoms with Crippen molar-refractivity contribution in [1.82, 2.24) is 0 Å². The predicted octanol–water partition coefficient (Wildman–Crippen LogP) is 3.62. The van der Waals surface area contributed by atoms with Gasteiger partial charge < -0.3 is 0 Å². The van der Waals surface area contributed by atoms with Crippen LogP contribution in [-0.4, -0.2) is 24.1 Å². The van der Waals surface area contributed by atoms with Crippen molar-refractivity contribution in [2.75, 3.05) is 6.26 Å². The van der Waals surface area contributed by atoms with E-state index < -0.39 is 10.1 Å². The van der Waals surface area contributed by atoms with Crippen LogP contribution in [0.4, 0.5) is 0 Å². The normalized spacial score (nSPS) is 12.0. The minimum Gasteiger partial charge on any atom is -0.286 e. The highest BCUT2D eigenvalue weighted by molar-refractivity contribution is 9.10. The molecular formula is C13H16BrNO5S. The van der Waals surface area contributed by atoms with Crippen LogP contribution >= 0.6 is 15.9 Å². The highest BCUT2D eigenvalue weighted by atomic mass is 79.9. The molecule has 0 atom stereocenters. The van der Waals surface area contributed by atoms with Gasteiger partial charge >= 0.3 is 0 Å². The molecule has 0 amide bonds. The summed E-state index contributed by atoms with van der Waals surface area (Å²) in [5.74, 6) is 0. The van der Waals surface area contributed by atoms with Crippen molar-refractivity contribution >= 4 is 37.8 Å². The van der Waals surface area contributed by atoms with Gasteiger partial charge in [0.2, 0.25) is 0 Å². The Morgan fingerprint density at radius 1 is 1.38 bits per heavy atom. The van der Waals surface area contributed by atoms with Crippen LogP contribution in [0, 0.1) is 10.1 Å². The first kappa shape index (κ1) is 19.5. The fraction of sp³-hybridized carbons (Fsp3) is 0.231. The first-order valence-corrected chi connectivity index (χ1v) is 8.40. The van der Waals surface area contributed by atoms with Crippen LogP contribution < -0.4 is 0 Å². The largest absolute Gasteiger partial charge is 0.286 e. The Bertz CT molecular complexity index is 657. The predicted molar refractivity (Wildman–Crippen MR) is 87.0 cm³/mol. The Hall–Kier alpha value is -1.51. The standard InChI is InChI=1S/C12H12BrNO2.CH4O3S/c1-3-6-9-10(7-5-8-11(9)13)12(4-2)14(15)16;1-5(2,3)4/h3-8H,1-2H3;1H3,(H,2,3,4)/b6-3-,12-4+;. The molecular weight excluding hydrogens is 362 g/mol. The van der Waals surface area contributed by atoms with E-state index in [-0.39, 0.29) is 10.6 Å². The molecule has 1 rings (SSSR count). The quantitative estimate of drug-likeness (QED) is 0.492. The smallest absolute Gasteiger partial charge is 0.272 e. The van der Waals surface area contributed by atoms with Gasteiger partial charge in [0.15, 0.2) is 0 Å².